The summed E-state index contributed by atoms with van der Waals surface area (Å²) in [5, 5.41) is 0. The number of aromatic nitrogens is 1. The van der Waals surface area contributed by atoms with E-state index in [-0.39, 0.29) is 0 Å². The van der Waals surface area contributed by atoms with E-state index in [4.69, 9.17) is 15.2 Å². The molecule has 1 aromatic heterocycles. The molecule has 1 aliphatic rings. The van der Waals surface area contributed by atoms with Crippen LogP contribution in [0, 0.1) is 0 Å². The van der Waals surface area contributed by atoms with Crippen LogP contribution in [0.2, 0.25) is 0 Å². The van der Waals surface area contributed by atoms with Gasteiger partial charge in [-0.1, -0.05) is 0 Å². The van der Waals surface area contributed by atoms with Gasteiger partial charge in [-0.2, -0.15) is 4.37 Å². The van der Waals surface area contributed by atoms with E-state index in [0.717, 1.165) is 21.9 Å². The summed E-state index contributed by atoms with van der Waals surface area (Å²) in [6, 6.07) is 7.66. The molecule has 0 amide bonds. The summed E-state index contributed by atoms with van der Waals surface area (Å²) in [6.07, 6.45) is 0. The van der Waals surface area contributed by atoms with Crippen molar-refractivity contribution in [2.75, 3.05) is 12.5 Å². The Bertz CT molecular complexity index is 510. The van der Waals surface area contributed by atoms with Crippen molar-refractivity contribution >= 4 is 17.4 Å². The first-order valence-corrected chi connectivity index (χ1v) is 5.22. The Balaban J connectivity index is 2.06. The molecular weight excluding hydrogens is 212 g/mol. The summed E-state index contributed by atoms with van der Waals surface area (Å²) < 4.78 is 14.6. The predicted molar refractivity (Wildman–Crippen MR) is 58.1 cm³/mol. The second-order valence-electron chi connectivity index (χ2n) is 3.18. The van der Waals surface area contributed by atoms with Gasteiger partial charge in [0.25, 0.3) is 0 Å². The lowest BCUT2D eigenvalue weighted by molar-refractivity contribution is 0.174. The van der Waals surface area contributed by atoms with Crippen molar-refractivity contribution in [2.24, 2.45) is 0 Å². The number of hydrogen-bond donors (Lipinski definition) is 1. The van der Waals surface area contributed by atoms with Gasteiger partial charge in [-0.25, -0.2) is 0 Å². The molecule has 0 saturated carbocycles. The van der Waals surface area contributed by atoms with Crippen LogP contribution in [-0.4, -0.2) is 11.2 Å². The second kappa shape index (κ2) is 3.13. The molecule has 5 heteroatoms. The molecular formula is C10H8N2O2S. The van der Waals surface area contributed by atoms with Crippen molar-refractivity contribution in [3.05, 3.63) is 24.3 Å². The highest BCUT2D eigenvalue weighted by molar-refractivity contribution is 7.09. The molecule has 2 N–H and O–H groups in total. The van der Waals surface area contributed by atoms with Gasteiger partial charge in [-0.05, 0) is 35.3 Å². The highest BCUT2D eigenvalue weighted by Crippen LogP contribution is 2.37. The van der Waals surface area contributed by atoms with Gasteiger partial charge in [0.05, 0.1) is 4.88 Å². The van der Waals surface area contributed by atoms with E-state index in [1.165, 1.54) is 11.5 Å². The van der Waals surface area contributed by atoms with Gasteiger partial charge in [0.2, 0.25) is 6.79 Å². The lowest BCUT2D eigenvalue weighted by Gasteiger charge is -1.98. The summed E-state index contributed by atoms with van der Waals surface area (Å²) in [5.41, 5.74) is 6.62. The van der Waals surface area contributed by atoms with Crippen LogP contribution >= 0.6 is 11.5 Å². The maximum Gasteiger partial charge on any atom is 0.231 e. The van der Waals surface area contributed by atoms with E-state index in [2.05, 4.69) is 4.37 Å². The number of nitrogen functional groups attached to an aromatic ring is 1. The van der Waals surface area contributed by atoms with Gasteiger partial charge in [0.15, 0.2) is 11.5 Å². The Kier molecular flexibility index (Phi) is 1.78. The molecule has 0 radical (unpaired) electrons. The Morgan fingerprint density at radius 1 is 1.20 bits per heavy atom. The number of nitrogens with two attached hydrogens (primary N) is 1. The fourth-order valence-corrected chi connectivity index (χ4v) is 2.14. The standard InChI is InChI=1S/C10H8N2O2S/c11-10-4-9(15-12-10)6-1-2-7-8(3-6)14-5-13-7/h1-4H,5H2,(H2,11,12). The zero-order valence-corrected chi connectivity index (χ0v) is 8.58. The fourth-order valence-electron chi connectivity index (χ4n) is 1.47. The third-order valence-corrected chi connectivity index (χ3v) is 3.04. The number of fused-ring (bicyclic) bond motifs is 1. The number of rotatable bonds is 1. The van der Waals surface area contributed by atoms with Crippen molar-refractivity contribution in [3.63, 3.8) is 0 Å². The first-order valence-electron chi connectivity index (χ1n) is 4.45. The molecule has 0 spiro atoms. The van der Waals surface area contributed by atoms with E-state index in [0.29, 0.717) is 12.6 Å². The Morgan fingerprint density at radius 3 is 2.87 bits per heavy atom. The molecule has 15 heavy (non-hydrogen) atoms. The fraction of sp³-hybridized carbons (Fsp3) is 0.100. The zero-order chi connectivity index (χ0) is 10.3. The topological polar surface area (TPSA) is 57.4 Å². The van der Waals surface area contributed by atoms with Crippen LogP contribution in [0.5, 0.6) is 11.5 Å². The first kappa shape index (κ1) is 8.55. The smallest absolute Gasteiger partial charge is 0.231 e. The molecule has 0 atom stereocenters. The number of anilines is 1. The molecule has 76 valence electrons. The number of hydrogen-bond acceptors (Lipinski definition) is 5. The molecule has 1 aliphatic heterocycles. The van der Waals surface area contributed by atoms with Gasteiger partial charge >= 0.3 is 0 Å². The molecule has 2 heterocycles. The molecule has 0 fully saturated rings. The molecule has 4 nitrogen and oxygen atoms in total. The zero-order valence-electron chi connectivity index (χ0n) is 7.77. The van der Waals surface area contributed by atoms with Crippen LogP contribution in [0.1, 0.15) is 0 Å². The van der Waals surface area contributed by atoms with Crippen LogP contribution in [-0.2, 0) is 0 Å². The minimum atomic E-state index is 0.295. The van der Waals surface area contributed by atoms with Crippen LogP contribution in [0.15, 0.2) is 24.3 Å². The Labute approximate surface area is 90.4 Å². The van der Waals surface area contributed by atoms with Crippen molar-refractivity contribution in [3.8, 4) is 21.9 Å². The number of benzene rings is 1. The third-order valence-electron chi connectivity index (χ3n) is 2.19. The summed E-state index contributed by atoms with van der Waals surface area (Å²) >= 11 is 1.38. The summed E-state index contributed by atoms with van der Waals surface area (Å²) in [6.45, 7) is 0.295. The normalized spacial score (nSPS) is 13.1. The molecule has 0 aliphatic carbocycles. The van der Waals surface area contributed by atoms with Gasteiger partial charge in [-0.15, -0.1) is 0 Å². The third kappa shape index (κ3) is 1.41. The second-order valence-corrected chi connectivity index (χ2v) is 3.99. The molecule has 1 aromatic carbocycles. The molecule has 2 aromatic rings. The molecule has 0 saturated heterocycles. The minimum Gasteiger partial charge on any atom is -0.454 e. The molecule has 3 rings (SSSR count). The van der Waals surface area contributed by atoms with Crippen molar-refractivity contribution < 1.29 is 9.47 Å². The predicted octanol–water partition coefficient (Wildman–Crippen LogP) is 2.12. The summed E-state index contributed by atoms with van der Waals surface area (Å²) in [5.74, 6) is 2.11. The Hall–Kier alpha value is -1.75. The SMILES string of the molecule is Nc1cc(-c2ccc3c(c2)OCO3)sn1. The summed E-state index contributed by atoms with van der Waals surface area (Å²) in [4.78, 5) is 1.03. The first-order chi connectivity index (χ1) is 7.33. The van der Waals surface area contributed by atoms with E-state index in [9.17, 15) is 0 Å². The average molecular weight is 220 g/mol. The lowest BCUT2D eigenvalue weighted by Crippen LogP contribution is -1.92. The van der Waals surface area contributed by atoms with Crippen LogP contribution in [0.3, 0.4) is 0 Å². The van der Waals surface area contributed by atoms with Gasteiger partial charge in [-0.3, -0.25) is 0 Å². The molecule has 0 unspecified atom stereocenters. The van der Waals surface area contributed by atoms with Crippen LogP contribution < -0.4 is 15.2 Å². The maximum atomic E-state index is 5.57. The van der Waals surface area contributed by atoms with Gasteiger partial charge in [0, 0.05) is 6.07 Å². The largest absolute Gasteiger partial charge is 0.454 e. The van der Waals surface area contributed by atoms with Crippen molar-refractivity contribution in [2.45, 2.75) is 0 Å². The lowest BCUT2D eigenvalue weighted by atomic mass is 10.1. The Morgan fingerprint density at radius 2 is 2.07 bits per heavy atom. The van der Waals surface area contributed by atoms with Gasteiger partial charge < -0.3 is 15.2 Å². The van der Waals surface area contributed by atoms with E-state index in [1.54, 1.807) is 0 Å². The van der Waals surface area contributed by atoms with E-state index >= 15 is 0 Å². The van der Waals surface area contributed by atoms with Gasteiger partial charge in [0.1, 0.15) is 5.82 Å². The van der Waals surface area contributed by atoms with Crippen LogP contribution in [0.4, 0.5) is 5.82 Å². The number of ether oxygens (including phenoxy) is 2. The van der Waals surface area contributed by atoms with E-state index < -0.39 is 0 Å². The highest BCUT2D eigenvalue weighted by Gasteiger charge is 2.14. The number of nitrogens with zero attached hydrogens (tertiary/aromatic N) is 1. The maximum absolute atomic E-state index is 5.57. The quantitative estimate of drug-likeness (QED) is 0.799. The average Bonchev–Trinajstić information content (AvgIpc) is 2.84. The van der Waals surface area contributed by atoms with Crippen molar-refractivity contribution in [1.29, 1.82) is 0 Å². The molecule has 0 bridgehead atoms. The minimum absolute atomic E-state index is 0.295. The van der Waals surface area contributed by atoms with E-state index in [1.807, 2.05) is 24.3 Å². The highest BCUT2D eigenvalue weighted by atomic mass is 32.1. The monoisotopic (exact) mass is 220 g/mol. The van der Waals surface area contributed by atoms with Crippen molar-refractivity contribution in [1.82, 2.24) is 4.37 Å². The van der Waals surface area contributed by atoms with Crippen LogP contribution in [0.25, 0.3) is 10.4 Å². The summed E-state index contributed by atoms with van der Waals surface area (Å²) in [7, 11) is 0.